The summed E-state index contributed by atoms with van der Waals surface area (Å²) in [6.07, 6.45) is 5.22. The first kappa shape index (κ1) is 23.0. The highest BCUT2D eigenvalue weighted by Crippen LogP contribution is 2.37. The largest absolute Gasteiger partial charge is 0.496 e. The molecule has 1 unspecified atom stereocenters. The van der Waals surface area contributed by atoms with Crippen molar-refractivity contribution in [3.8, 4) is 16.9 Å². The third-order valence-corrected chi connectivity index (χ3v) is 7.70. The van der Waals surface area contributed by atoms with Gasteiger partial charge in [-0.1, -0.05) is 6.08 Å². The van der Waals surface area contributed by atoms with Crippen molar-refractivity contribution >= 4 is 32.5 Å². The lowest BCUT2D eigenvalue weighted by Gasteiger charge is -2.21. The van der Waals surface area contributed by atoms with Gasteiger partial charge < -0.3 is 9.72 Å². The number of H-pyrrole nitrogens is 1. The lowest BCUT2D eigenvalue weighted by Crippen LogP contribution is -2.39. The summed E-state index contributed by atoms with van der Waals surface area (Å²) in [5, 5.41) is 0.168. The molecule has 2 aromatic heterocycles. The Hall–Kier alpha value is -3.20. The van der Waals surface area contributed by atoms with Crippen LogP contribution < -0.4 is 9.46 Å². The molecule has 1 aromatic carbocycles. The van der Waals surface area contributed by atoms with E-state index in [1.54, 1.807) is 19.4 Å². The Labute approximate surface area is 192 Å². The second kappa shape index (κ2) is 8.97. The predicted molar refractivity (Wildman–Crippen MR) is 126 cm³/mol. The fourth-order valence-corrected chi connectivity index (χ4v) is 4.67. The molecule has 1 aliphatic carbocycles. The van der Waals surface area contributed by atoms with Crippen LogP contribution in [-0.2, 0) is 14.8 Å². The minimum absolute atomic E-state index is 0.356. The molecule has 0 saturated carbocycles. The third kappa shape index (κ3) is 4.64. The van der Waals surface area contributed by atoms with Crippen LogP contribution in [0, 0.1) is 11.7 Å². The van der Waals surface area contributed by atoms with Crippen molar-refractivity contribution < 1.29 is 22.3 Å². The molecule has 1 aliphatic rings. The zero-order chi connectivity index (χ0) is 23.8. The molecule has 3 aromatic rings. The van der Waals surface area contributed by atoms with Crippen molar-refractivity contribution in [2.24, 2.45) is 5.92 Å². The van der Waals surface area contributed by atoms with Gasteiger partial charge in [-0.05, 0) is 74.6 Å². The van der Waals surface area contributed by atoms with E-state index in [0.29, 0.717) is 36.2 Å². The second-order valence-corrected chi connectivity index (χ2v) is 10.6. The Balaban J connectivity index is 1.61. The van der Waals surface area contributed by atoms with E-state index < -0.39 is 27.1 Å². The molecular formula is C24H26FN3O4S. The number of aromatic amines is 1. The van der Waals surface area contributed by atoms with Gasteiger partial charge in [0, 0.05) is 28.8 Å². The van der Waals surface area contributed by atoms with Gasteiger partial charge in [-0.2, -0.15) is 0 Å². The van der Waals surface area contributed by atoms with Crippen molar-refractivity contribution in [2.45, 2.75) is 38.4 Å². The molecule has 33 heavy (non-hydrogen) atoms. The molecule has 1 atom stereocenters. The van der Waals surface area contributed by atoms with Crippen molar-refractivity contribution in [3.05, 3.63) is 54.1 Å². The average Bonchev–Trinajstić information content (AvgIpc) is 3.23. The minimum Gasteiger partial charge on any atom is -0.496 e. The molecular weight excluding hydrogens is 445 g/mol. The predicted octanol–water partition coefficient (Wildman–Crippen LogP) is 4.42. The van der Waals surface area contributed by atoms with Gasteiger partial charge in [-0.25, -0.2) is 17.8 Å². The molecule has 0 saturated heterocycles. The minimum atomic E-state index is -3.64. The number of benzene rings is 1. The smallest absolute Gasteiger partial charge is 0.237 e. The molecule has 0 aliphatic heterocycles. The van der Waals surface area contributed by atoms with Crippen LogP contribution in [0.2, 0.25) is 0 Å². The Kier molecular flexibility index (Phi) is 6.25. The number of nitrogens with one attached hydrogen (secondary N) is 2. The first-order chi connectivity index (χ1) is 15.7. The molecule has 2 N–H and O–H groups in total. The Bertz CT molecular complexity index is 1340. The lowest BCUT2D eigenvalue weighted by atomic mass is 9.88. The topological polar surface area (TPSA) is 101 Å². The number of amides is 1. The molecule has 7 nitrogen and oxygen atoms in total. The van der Waals surface area contributed by atoms with Crippen molar-refractivity contribution in [1.82, 2.24) is 14.7 Å². The Morgan fingerprint density at radius 2 is 2.03 bits per heavy atom. The number of methoxy groups -OCH3 is 1. The number of hydrogen-bond donors (Lipinski definition) is 2. The SMILES string of the molecule is COc1ccc(F)cc1-c1ccnc2[nH]c(C3=CCC(C(=O)NS(=O)(=O)C(C)C)CC3)cc12. The van der Waals surface area contributed by atoms with Crippen molar-refractivity contribution in [3.63, 3.8) is 0 Å². The van der Waals surface area contributed by atoms with E-state index in [9.17, 15) is 17.6 Å². The van der Waals surface area contributed by atoms with Gasteiger partial charge in [0.15, 0.2) is 0 Å². The van der Waals surface area contributed by atoms with E-state index in [-0.39, 0.29) is 5.82 Å². The maximum atomic E-state index is 14.0. The van der Waals surface area contributed by atoms with Crippen LogP contribution in [-0.4, -0.2) is 36.7 Å². The molecule has 174 valence electrons. The zero-order valence-corrected chi connectivity index (χ0v) is 19.5. The zero-order valence-electron chi connectivity index (χ0n) is 18.7. The highest BCUT2D eigenvalue weighted by molar-refractivity contribution is 7.90. The molecule has 1 amide bonds. The van der Waals surface area contributed by atoms with Crippen LogP contribution in [0.15, 0.2) is 42.6 Å². The number of allylic oxidation sites excluding steroid dienone is 2. The number of halogens is 1. The summed E-state index contributed by atoms with van der Waals surface area (Å²) in [5.41, 5.74) is 4.00. The third-order valence-electron chi connectivity index (χ3n) is 5.97. The number of carbonyl (C=O) groups is 1. The number of hydrogen-bond acceptors (Lipinski definition) is 5. The standard InChI is InChI=1S/C24H26FN3O4S/c1-14(2)33(30,31)28-24(29)16-6-4-15(5-7-16)21-13-20-18(10-11-26-23(20)27-21)19-12-17(25)8-9-22(19)32-3/h4,8-14,16H,5-7H2,1-3H3,(H,26,27)(H,28,29). The quantitative estimate of drug-likeness (QED) is 0.554. The number of carbonyl (C=O) groups excluding carboxylic acids is 1. The van der Waals surface area contributed by atoms with Gasteiger partial charge in [0.2, 0.25) is 15.9 Å². The van der Waals surface area contributed by atoms with Crippen molar-refractivity contribution in [2.75, 3.05) is 7.11 Å². The Morgan fingerprint density at radius 3 is 2.70 bits per heavy atom. The van der Waals surface area contributed by atoms with E-state index in [4.69, 9.17) is 4.74 Å². The van der Waals surface area contributed by atoms with Gasteiger partial charge in [-0.3, -0.25) is 9.52 Å². The van der Waals surface area contributed by atoms with E-state index in [0.717, 1.165) is 22.2 Å². The molecule has 0 fully saturated rings. The van der Waals surface area contributed by atoms with Gasteiger partial charge in [0.1, 0.15) is 17.2 Å². The molecule has 0 radical (unpaired) electrons. The normalized spacial score (nSPS) is 16.6. The molecule has 9 heteroatoms. The number of fused-ring (bicyclic) bond motifs is 1. The molecule has 0 bridgehead atoms. The van der Waals surface area contributed by atoms with E-state index >= 15 is 0 Å². The second-order valence-electron chi connectivity index (χ2n) is 8.41. The van der Waals surface area contributed by atoms with Gasteiger partial charge in [-0.15, -0.1) is 0 Å². The Morgan fingerprint density at radius 1 is 1.24 bits per heavy atom. The molecule has 4 rings (SSSR count). The summed E-state index contributed by atoms with van der Waals surface area (Å²) < 4.78 is 45.5. The first-order valence-electron chi connectivity index (χ1n) is 10.8. The van der Waals surface area contributed by atoms with E-state index in [1.807, 2.05) is 18.2 Å². The van der Waals surface area contributed by atoms with Crippen LogP contribution >= 0.6 is 0 Å². The van der Waals surface area contributed by atoms with Crippen LogP contribution in [0.25, 0.3) is 27.7 Å². The fraction of sp³-hybridized carbons (Fsp3) is 0.333. The first-order valence-corrected chi connectivity index (χ1v) is 12.3. The maximum absolute atomic E-state index is 14.0. The fourth-order valence-electron chi connectivity index (χ4n) is 3.98. The number of aromatic nitrogens is 2. The van der Waals surface area contributed by atoms with E-state index in [1.165, 1.54) is 26.0 Å². The average molecular weight is 472 g/mol. The van der Waals surface area contributed by atoms with Crippen LogP contribution in [0.3, 0.4) is 0 Å². The lowest BCUT2D eigenvalue weighted by molar-refractivity contribution is -0.123. The summed E-state index contributed by atoms with van der Waals surface area (Å²) in [6.45, 7) is 3.07. The molecule has 2 heterocycles. The summed E-state index contributed by atoms with van der Waals surface area (Å²) in [4.78, 5) is 20.1. The van der Waals surface area contributed by atoms with Gasteiger partial charge in [0.05, 0.1) is 12.4 Å². The van der Waals surface area contributed by atoms with Crippen molar-refractivity contribution in [1.29, 1.82) is 0 Å². The highest BCUT2D eigenvalue weighted by Gasteiger charge is 2.27. The van der Waals surface area contributed by atoms with Gasteiger partial charge in [0.25, 0.3) is 0 Å². The maximum Gasteiger partial charge on any atom is 0.237 e. The van der Waals surface area contributed by atoms with E-state index in [2.05, 4.69) is 14.7 Å². The van der Waals surface area contributed by atoms with Crippen LogP contribution in [0.4, 0.5) is 4.39 Å². The number of rotatable bonds is 6. The van der Waals surface area contributed by atoms with Gasteiger partial charge >= 0.3 is 0 Å². The molecule has 0 spiro atoms. The number of pyridine rings is 1. The number of nitrogens with zero attached hydrogens (tertiary/aromatic N) is 1. The summed E-state index contributed by atoms with van der Waals surface area (Å²) >= 11 is 0. The summed E-state index contributed by atoms with van der Waals surface area (Å²) in [7, 11) is -2.10. The number of ether oxygens (including phenoxy) is 1. The summed E-state index contributed by atoms with van der Waals surface area (Å²) in [5.74, 6) is -0.645. The number of sulfonamides is 1. The monoisotopic (exact) mass is 471 g/mol. The summed E-state index contributed by atoms with van der Waals surface area (Å²) in [6, 6.07) is 8.18. The highest BCUT2D eigenvalue weighted by atomic mass is 32.2. The van der Waals surface area contributed by atoms with Crippen LogP contribution in [0.1, 0.15) is 38.8 Å². The van der Waals surface area contributed by atoms with Crippen LogP contribution in [0.5, 0.6) is 5.75 Å².